The average Bonchev–Trinajstić information content (AvgIpc) is 2.95. The number of rotatable bonds is 6. The summed E-state index contributed by atoms with van der Waals surface area (Å²) in [6.07, 6.45) is 5.15. The van der Waals surface area contributed by atoms with Crippen molar-refractivity contribution in [1.82, 2.24) is 4.90 Å². The van der Waals surface area contributed by atoms with Gasteiger partial charge in [0.1, 0.15) is 11.3 Å². The number of hydrogen-bond donors (Lipinski definition) is 0. The molecule has 1 unspecified atom stereocenters. The summed E-state index contributed by atoms with van der Waals surface area (Å²) in [5.74, 6) is -0.241. The number of thiocarbonyl (C=S) groups is 1. The Balaban J connectivity index is 1.60. The van der Waals surface area contributed by atoms with Crippen LogP contribution in [0.2, 0.25) is 0 Å². The highest BCUT2D eigenvalue weighted by Crippen LogP contribution is 2.34. The van der Waals surface area contributed by atoms with E-state index >= 15 is 0 Å². The summed E-state index contributed by atoms with van der Waals surface area (Å²) < 4.78 is 5.28. The first kappa shape index (κ1) is 25.1. The molecule has 1 atom stereocenters. The van der Waals surface area contributed by atoms with E-state index < -0.39 is 17.9 Å². The fourth-order valence-corrected chi connectivity index (χ4v) is 5.07. The van der Waals surface area contributed by atoms with Gasteiger partial charge in [-0.15, -0.1) is 0 Å². The molecule has 6 heteroatoms. The van der Waals surface area contributed by atoms with Crippen molar-refractivity contribution in [2.75, 3.05) is 12.0 Å². The molecule has 4 aromatic rings. The van der Waals surface area contributed by atoms with Crippen LogP contribution in [0.5, 0.6) is 5.75 Å². The standard InChI is InChI=1S/C32H26N2O3S/c1-22(27-16-9-14-24-13-6-7-15-28(24)27)33-30(35)29(17-8-12-23-10-4-3-5-11-23)31(36)34(32(33)38)25-18-20-26(37-2)21-19-25/h3-22H,1-2H3/b12-8-,29-17-. The number of nitrogens with zero attached hydrogens (tertiary/aromatic N) is 2. The first-order valence-corrected chi connectivity index (χ1v) is 12.7. The minimum atomic E-state index is -0.468. The molecule has 0 bridgehead atoms. The molecule has 188 valence electrons. The number of amides is 2. The molecular formula is C32H26N2O3S. The molecule has 1 heterocycles. The molecule has 38 heavy (non-hydrogen) atoms. The number of methoxy groups -OCH3 is 1. The molecular weight excluding hydrogens is 492 g/mol. The van der Waals surface area contributed by atoms with Crippen LogP contribution in [0.15, 0.2) is 115 Å². The third-order valence-corrected chi connectivity index (χ3v) is 7.00. The van der Waals surface area contributed by atoms with Gasteiger partial charge in [0, 0.05) is 0 Å². The van der Waals surface area contributed by atoms with E-state index in [2.05, 4.69) is 0 Å². The van der Waals surface area contributed by atoms with Gasteiger partial charge in [-0.1, -0.05) is 84.9 Å². The van der Waals surface area contributed by atoms with Crippen LogP contribution < -0.4 is 9.64 Å². The summed E-state index contributed by atoms with van der Waals surface area (Å²) in [6, 6.07) is 30.4. The zero-order valence-corrected chi connectivity index (χ0v) is 21.9. The van der Waals surface area contributed by atoms with E-state index in [1.807, 2.05) is 85.8 Å². The summed E-state index contributed by atoms with van der Waals surface area (Å²) >= 11 is 5.82. The van der Waals surface area contributed by atoms with Crippen molar-refractivity contribution >= 4 is 51.7 Å². The monoisotopic (exact) mass is 518 g/mol. The van der Waals surface area contributed by atoms with Gasteiger partial charge in [0.15, 0.2) is 5.11 Å². The number of carbonyl (C=O) groups is 2. The lowest BCUT2D eigenvalue weighted by Gasteiger charge is -2.40. The Labute approximate surface area is 227 Å². The van der Waals surface area contributed by atoms with Gasteiger partial charge in [-0.2, -0.15) is 0 Å². The quantitative estimate of drug-likeness (QED) is 0.162. The number of benzene rings is 4. The fraction of sp³-hybridized carbons (Fsp3) is 0.0938. The largest absolute Gasteiger partial charge is 0.497 e. The minimum absolute atomic E-state index is 0.0358. The zero-order valence-electron chi connectivity index (χ0n) is 21.1. The Morgan fingerprint density at radius 3 is 2.24 bits per heavy atom. The number of allylic oxidation sites excluding steroid dienone is 2. The average molecular weight is 519 g/mol. The van der Waals surface area contributed by atoms with Gasteiger partial charge in [0.2, 0.25) is 0 Å². The van der Waals surface area contributed by atoms with Crippen LogP contribution in [0.4, 0.5) is 5.69 Å². The Kier molecular flexibility index (Phi) is 7.15. The Hall–Kier alpha value is -4.55. The smallest absolute Gasteiger partial charge is 0.270 e. The molecule has 1 aliphatic rings. The molecule has 5 nitrogen and oxygen atoms in total. The lowest BCUT2D eigenvalue weighted by molar-refractivity contribution is -0.129. The topological polar surface area (TPSA) is 49.9 Å². The third kappa shape index (κ3) is 4.74. The van der Waals surface area contributed by atoms with E-state index in [9.17, 15) is 9.59 Å². The Morgan fingerprint density at radius 2 is 1.50 bits per heavy atom. The van der Waals surface area contributed by atoms with Gasteiger partial charge in [-0.05, 0) is 71.4 Å². The highest BCUT2D eigenvalue weighted by molar-refractivity contribution is 7.80. The second kappa shape index (κ2) is 10.8. The number of carbonyl (C=O) groups excluding carboxylic acids is 2. The van der Waals surface area contributed by atoms with Gasteiger partial charge < -0.3 is 4.74 Å². The maximum absolute atomic E-state index is 13.9. The molecule has 0 radical (unpaired) electrons. The van der Waals surface area contributed by atoms with Gasteiger partial charge in [-0.3, -0.25) is 19.4 Å². The molecule has 4 aromatic carbocycles. The maximum atomic E-state index is 13.9. The normalized spacial score (nSPS) is 16.1. The SMILES string of the molecule is COc1ccc(N2C(=O)/C(=C\C=C/c3ccccc3)C(=O)N(C(C)c3cccc4ccccc34)C2=S)cc1. The van der Waals surface area contributed by atoms with Crippen LogP contribution in [-0.4, -0.2) is 28.9 Å². The van der Waals surface area contributed by atoms with E-state index in [0.29, 0.717) is 11.4 Å². The minimum Gasteiger partial charge on any atom is -0.497 e. The van der Waals surface area contributed by atoms with Gasteiger partial charge in [-0.25, -0.2) is 0 Å². The van der Waals surface area contributed by atoms with Crippen molar-refractivity contribution in [3.8, 4) is 5.75 Å². The molecule has 0 spiro atoms. The second-order valence-electron chi connectivity index (χ2n) is 8.89. The van der Waals surface area contributed by atoms with E-state index in [0.717, 1.165) is 21.9 Å². The van der Waals surface area contributed by atoms with Crippen molar-refractivity contribution in [1.29, 1.82) is 0 Å². The van der Waals surface area contributed by atoms with Gasteiger partial charge in [0.25, 0.3) is 11.8 Å². The summed E-state index contributed by atoms with van der Waals surface area (Å²) in [6.45, 7) is 1.94. The molecule has 2 amide bonds. The van der Waals surface area contributed by atoms with Crippen molar-refractivity contribution in [2.45, 2.75) is 13.0 Å². The maximum Gasteiger partial charge on any atom is 0.270 e. The van der Waals surface area contributed by atoms with E-state index in [1.165, 1.54) is 9.80 Å². The molecule has 1 aliphatic heterocycles. The van der Waals surface area contributed by atoms with Crippen LogP contribution >= 0.6 is 12.2 Å². The van der Waals surface area contributed by atoms with Crippen LogP contribution in [-0.2, 0) is 9.59 Å². The van der Waals surface area contributed by atoms with E-state index in [4.69, 9.17) is 17.0 Å². The van der Waals surface area contributed by atoms with Gasteiger partial charge >= 0.3 is 0 Å². The van der Waals surface area contributed by atoms with Crippen molar-refractivity contribution in [2.24, 2.45) is 0 Å². The highest BCUT2D eigenvalue weighted by atomic mass is 32.1. The molecule has 0 N–H and O–H groups in total. The molecule has 5 rings (SSSR count). The molecule has 0 aromatic heterocycles. The fourth-order valence-electron chi connectivity index (χ4n) is 4.64. The first-order valence-electron chi connectivity index (χ1n) is 12.3. The van der Waals surface area contributed by atoms with Gasteiger partial charge in [0.05, 0.1) is 18.8 Å². The number of anilines is 1. The lowest BCUT2D eigenvalue weighted by atomic mass is 9.97. The molecule has 0 aliphatic carbocycles. The third-order valence-electron chi connectivity index (χ3n) is 6.62. The second-order valence-corrected chi connectivity index (χ2v) is 9.26. The Morgan fingerprint density at radius 1 is 0.816 bits per heavy atom. The summed E-state index contributed by atoms with van der Waals surface area (Å²) in [7, 11) is 1.58. The lowest BCUT2D eigenvalue weighted by Crippen LogP contribution is -2.57. The van der Waals surface area contributed by atoms with Crippen molar-refractivity contribution in [3.05, 3.63) is 126 Å². The van der Waals surface area contributed by atoms with Crippen LogP contribution in [0.1, 0.15) is 24.1 Å². The summed E-state index contributed by atoms with van der Waals surface area (Å²) in [5.41, 5.74) is 2.50. The van der Waals surface area contributed by atoms with E-state index in [-0.39, 0.29) is 10.7 Å². The number of hydrogen-bond acceptors (Lipinski definition) is 4. The summed E-state index contributed by atoms with van der Waals surface area (Å²) in [5, 5.41) is 2.23. The number of fused-ring (bicyclic) bond motifs is 1. The van der Waals surface area contributed by atoms with Crippen LogP contribution in [0.25, 0.3) is 16.8 Å². The van der Waals surface area contributed by atoms with Crippen molar-refractivity contribution in [3.63, 3.8) is 0 Å². The molecule has 1 saturated heterocycles. The Bertz CT molecular complexity index is 1570. The predicted molar refractivity (Wildman–Crippen MR) is 156 cm³/mol. The molecule has 1 fully saturated rings. The van der Waals surface area contributed by atoms with E-state index in [1.54, 1.807) is 43.5 Å². The van der Waals surface area contributed by atoms with Crippen molar-refractivity contribution < 1.29 is 14.3 Å². The first-order chi connectivity index (χ1) is 18.5. The number of ether oxygens (including phenoxy) is 1. The van der Waals surface area contributed by atoms with Crippen LogP contribution in [0.3, 0.4) is 0 Å². The molecule has 0 saturated carbocycles. The highest BCUT2D eigenvalue weighted by Gasteiger charge is 2.42. The predicted octanol–water partition coefficient (Wildman–Crippen LogP) is 6.71. The zero-order chi connectivity index (χ0) is 26.6. The summed E-state index contributed by atoms with van der Waals surface area (Å²) in [4.78, 5) is 30.6. The van der Waals surface area contributed by atoms with Crippen LogP contribution in [0, 0.1) is 0 Å².